The minimum Gasteiger partial charge on any atom is -0.300 e. The summed E-state index contributed by atoms with van der Waals surface area (Å²) in [4.78, 5) is 2.52. The van der Waals surface area contributed by atoms with Crippen LogP contribution >= 0.6 is 0 Å². The first-order valence-corrected chi connectivity index (χ1v) is 8.48. The van der Waals surface area contributed by atoms with Crippen LogP contribution in [-0.2, 0) is 10.0 Å². The number of hydrogen-bond acceptors (Lipinski definition) is 3. The first-order chi connectivity index (χ1) is 9.55. The molecule has 0 spiro atoms. The standard InChI is InChI=1S/C14H19FN2O2S/c15-13-3-5-14(6-4-13)20(18,19)17-9-7-16(8-10-17)11-12-1-2-12/h3-6,12H,1-2,7-11H2. The highest BCUT2D eigenvalue weighted by Gasteiger charge is 2.31. The van der Waals surface area contributed by atoms with Crippen molar-refractivity contribution in [3.63, 3.8) is 0 Å². The van der Waals surface area contributed by atoms with Crippen molar-refractivity contribution in [2.24, 2.45) is 5.92 Å². The van der Waals surface area contributed by atoms with Crippen molar-refractivity contribution in [3.05, 3.63) is 30.1 Å². The molecule has 20 heavy (non-hydrogen) atoms. The van der Waals surface area contributed by atoms with Gasteiger partial charge < -0.3 is 4.90 Å². The quantitative estimate of drug-likeness (QED) is 0.846. The molecule has 3 rings (SSSR count). The largest absolute Gasteiger partial charge is 0.300 e. The molecule has 1 heterocycles. The molecule has 0 bridgehead atoms. The highest BCUT2D eigenvalue weighted by molar-refractivity contribution is 7.89. The first kappa shape index (κ1) is 14.0. The Hall–Kier alpha value is -0.980. The molecule has 1 saturated carbocycles. The molecular weight excluding hydrogens is 279 g/mol. The highest BCUT2D eigenvalue weighted by atomic mass is 32.2. The van der Waals surface area contributed by atoms with Crippen LogP contribution in [0.1, 0.15) is 12.8 Å². The van der Waals surface area contributed by atoms with Gasteiger partial charge in [-0.2, -0.15) is 4.31 Å². The third kappa shape index (κ3) is 3.02. The zero-order valence-corrected chi connectivity index (χ0v) is 12.2. The van der Waals surface area contributed by atoms with Crippen LogP contribution in [0.5, 0.6) is 0 Å². The van der Waals surface area contributed by atoms with E-state index in [1.165, 1.54) is 41.4 Å². The second-order valence-corrected chi connectivity index (χ2v) is 7.54. The fraction of sp³-hybridized carbons (Fsp3) is 0.571. The van der Waals surface area contributed by atoms with E-state index in [9.17, 15) is 12.8 Å². The average molecular weight is 298 g/mol. The van der Waals surface area contributed by atoms with Gasteiger partial charge in [-0.1, -0.05) is 0 Å². The van der Waals surface area contributed by atoms with Gasteiger partial charge in [0.05, 0.1) is 4.90 Å². The summed E-state index contributed by atoms with van der Waals surface area (Å²) in [6, 6.07) is 5.05. The van der Waals surface area contributed by atoms with E-state index in [1.807, 2.05) is 0 Å². The molecule has 1 aromatic carbocycles. The first-order valence-electron chi connectivity index (χ1n) is 7.04. The molecule has 1 aliphatic carbocycles. The maximum absolute atomic E-state index is 12.9. The van der Waals surface area contributed by atoms with Crippen LogP contribution in [0, 0.1) is 11.7 Å². The second-order valence-electron chi connectivity index (χ2n) is 5.60. The maximum atomic E-state index is 12.9. The topological polar surface area (TPSA) is 40.6 Å². The van der Waals surface area contributed by atoms with Crippen molar-refractivity contribution in [2.75, 3.05) is 32.7 Å². The number of rotatable bonds is 4. The molecule has 0 amide bonds. The van der Waals surface area contributed by atoms with Gasteiger partial charge in [-0.15, -0.1) is 0 Å². The van der Waals surface area contributed by atoms with E-state index >= 15 is 0 Å². The minimum atomic E-state index is -3.48. The van der Waals surface area contributed by atoms with Crippen LogP contribution in [0.25, 0.3) is 0 Å². The molecule has 0 aromatic heterocycles. The summed E-state index contributed by atoms with van der Waals surface area (Å²) in [5, 5.41) is 0. The zero-order chi connectivity index (χ0) is 14.2. The Morgan fingerprint density at radius 2 is 1.65 bits per heavy atom. The fourth-order valence-electron chi connectivity index (χ4n) is 2.57. The van der Waals surface area contributed by atoms with Gasteiger partial charge >= 0.3 is 0 Å². The van der Waals surface area contributed by atoms with Crippen LogP contribution in [0.15, 0.2) is 29.2 Å². The van der Waals surface area contributed by atoms with Crippen LogP contribution in [0.3, 0.4) is 0 Å². The van der Waals surface area contributed by atoms with Crippen molar-refractivity contribution >= 4 is 10.0 Å². The summed E-state index contributed by atoms with van der Waals surface area (Å²) in [6.45, 7) is 3.72. The molecule has 0 unspecified atom stereocenters. The Bertz CT molecular complexity index is 561. The average Bonchev–Trinajstić information content (AvgIpc) is 3.24. The third-order valence-electron chi connectivity index (χ3n) is 4.00. The van der Waals surface area contributed by atoms with E-state index in [0.717, 1.165) is 25.6 Å². The molecule has 2 aliphatic rings. The van der Waals surface area contributed by atoms with Crippen LogP contribution in [0.2, 0.25) is 0 Å². The van der Waals surface area contributed by atoms with E-state index in [-0.39, 0.29) is 4.90 Å². The van der Waals surface area contributed by atoms with Gasteiger partial charge in [-0.25, -0.2) is 12.8 Å². The van der Waals surface area contributed by atoms with Gasteiger partial charge in [0.15, 0.2) is 0 Å². The van der Waals surface area contributed by atoms with Gasteiger partial charge in [0.1, 0.15) is 5.82 Å². The van der Waals surface area contributed by atoms with Crippen LogP contribution in [-0.4, -0.2) is 50.3 Å². The number of nitrogens with zero attached hydrogens (tertiary/aromatic N) is 2. The van der Waals surface area contributed by atoms with E-state index in [4.69, 9.17) is 0 Å². The van der Waals surface area contributed by atoms with Gasteiger partial charge in [0.25, 0.3) is 0 Å². The predicted molar refractivity (Wildman–Crippen MR) is 74.3 cm³/mol. The number of halogens is 1. The molecule has 2 fully saturated rings. The van der Waals surface area contributed by atoms with Gasteiger partial charge in [-0.3, -0.25) is 0 Å². The van der Waals surface area contributed by atoms with Crippen molar-refractivity contribution in [1.82, 2.24) is 9.21 Å². The summed E-state index contributed by atoms with van der Waals surface area (Å²) < 4.78 is 39.2. The van der Waals surface area contributed by atoms with Gasteiger partial charge in [0.2, 0.25) is 10.0 Å². The van der Waals surface area contributed by atoms with E-state index in [0.29, 0.717) is 13.1 Å². The Labute approximate surface area is 119 Å². The lowest BCUT2D eigenvalue weighted by Gasteiger charge is -2.34. The molecule has 1 saturated heterocycles. The number of hydrogen-bond donors (Lipinski definition) is 0. The molecule has 0 N–H and O–H groups in total. The predicted octanol–water partition coefficient (Wildman–Crippen LogP) is 1.54. The fourth-order valence-corrected chi connectivity index (χ4v) is 4.00. The normalized spacial score (nSPS) is 22.1. The number of benzene rings is 1. The Morgan fingerprint density at radius 3 is 2.20 bits per heavy atom. The van der Waals surface area contributed by atoms with Crippen LogP contribution in [0.4, 0.5) is 4.39 Å². The van der Waals surface area contributed by atoms with Gasteiger partial charge in [-0.05, 0) is 43.0 Å². The smallest absolute Gasteiger partial charge is 0.243 e. The van der Waals surface area contributed by atoms with Crippen LogP contribution < -0.4 is 0 Å². The molecule has 1 aliphatic heterocycles. The summed E-state index contributed by atoms with van der Waals surface area (Å²) in [5.41, 5.74) is 0. The van der Waals surface area contributed by atoms with E-state index < -0.39 is 15.8 Å². The summed E-state index contributed by atoms with van der Waals surface area (Å²) in [7, 11) is -3.48. The van der Waals surface area contributed by atoms with Gasteiger partial charge in [0, 0.05) is 32.7 Å². The molecular formula is C14H19FN2O2S. The monoisotopic (exact) mass is 298 g/mol. The lowest BCUT2D eigenvalue weighted by Crippen LogP contribution is -2.49. The van der Waals surface area contributed by atoms with Crippen molar-refractivity contribution in [1.29, 1.82) is 0 Å². The van der Waals surface area contributed by atoms with Crippen molar-refractivity contribution in [2.45, 2.75) is 17.7 Å². The maximum Gasteiger partial charge on any atom is 0.243 e. The summed E-state index contributed by atoms with van der Waals surface area (Å²) in [5.74, 6) is 0.411. The second kappa shape index (κ2) is 5.42. The molecule has 0 atom stereocenters. The number of piperazine rings is 1. The Morgan fingerprint density at radius 1 is 1.05 bits per heavy atom. The van der Waals surface area contributed by atoms with E-state index in [2.05, 4.69) is 4.90 Å². The molecule has 4 nitrogen and oxygen atoms in total. The lowest BCUT2D eigenvalue weighted by atomic mass is 10.3. The Kier molecular flexibility index (Phi) is 3.79. The molecule has 1 aromatic rings. The molecule has 0 radical (unpaired) electrons. The molecule has 6 heteroatoms. The SMILES string of the molecule is O=S(=O)(c1ccc(F)cc1)N1CCN(CC2CC2)CC1. The Balaban J connectivity index is 1.65. The van der Waals surface area contributed by atoms with E-state index in [1.54, 1.807) is 0 Å². The summed E-state index contributed by atoms with van der Waals surface area (Å²) in [6.07, 6.45) is 2.63. The third-order valence-corrected chi connectivity index (χ3v) is 5.91. The van der Waals surface area contributed by atoms with Crippen molar-refractivity contribution in [3.8, 4) is 0 Å². The molecule has 110 valence electrons. The summed E-state index contributed by atoms with van der Waals surface area (Å²) >= 11 is 0. The van der Waals surface area contributed by atoms with Crippen molar-refractivity contribution < 1.29 is 12.8 Å². The number of sulfonamides is 1. The zero-order valence-electron chi connectivity index (χ0n) is 11.3. The lowest BCUT2D eigenvalue weighted by molar-refractivity contribution is 0.182. The minimum absolute atomic E-state index is 0.176. The highest BCUT2D eigenvalue weighted by Crippen LogP contribution is 2.30.